The molecule has 0 aliphatic heterocycles. The smallest absolute Gasteiger partial charge is 0.338 e. The third-order valence-corrected chi connectivity index (χ3v) is 5.31. The molecule has 0 saturated heterocycles. The summed E-state index contributed by atoms with van der Waals surface area (Å²) in [6.45, 7) is 11.5. The second kappa shape index (κ2) is 14.2. The Bertz CT molecular complexity index is 1320. The van der Waals surface area contributed by atoms with Crippen LogP contribution in [0, 0.1) is 0 Å². The van der Waals surface area contributed by atoms with Crippen molar-refractivity contribution in [2.45, 2.75) is 13.8 Å². The van der Waals surface area contributed by atoms with Gasteiger partial charge in [0.05, 0.1) is 0 Å². The molecule has 3 aromatic carbocycles. The van der Waals surface area contributed by atoms with E-state index in [4.69, 9.17) is 18.9 Å². The van der Waals surface area contributed by atoms with Crippen LogP contribution in [0.4, 0.5) is 0 Å². The summed E-state index contributed by atoms with van der Waals surface area (Å²) in [6, 6.07) is 20.3. The fourth-order valence-corrected chi connectivity index (χ4v) is 3.35. The van der Waals surface area contributed by atoms with E-state index in [-0.39, 0.29) is 32.0 Å². The first-order valence-electron chi connectivity index (χ1n) is 12.1. The van der Waals surface area contributed by atoms with Crippen LogP contribution < -0.4 is 14.2 Å². The zero-order valence-corrected chi connectivity index (χ0v) is 21.9. The van der Waals surface area contributed by atoms with Gasteiger partial charge in [0.2, 0.25) is 0 Å². The van der Waals surface area contributed by atoms with Crippen LogP contribution in [0.1, 0.15) is 13.8 Å². The number of carbonyl (C=O) groups is 3. The second-order valence-electron chi connectivity index (χ2n) is 8.54. The van der Waals surface area contributed by atoms with Crippen LogP contribution in [0.15, 0.2) is 91.0 Å². The van der Waals surface area contributed by atoms with Gasteiger partial charge in [0.1, 0.15) is 43.7 Å². The summed E-state index contributed by atoms with van der Waals surface area (Å²) < 4.78 is 26.4. The molecule has 202 valence electrons. The monoisotopic (exact) mass is 530 g/mol. The molecule has 0 saturated carbocycles. The molecule has 8 nitrogen and oxygen atoms in total. The number of benzene rings is 3. The predicted molar refractivity (Wildman–Crippen MR) is 147 cm³/mol. The Kier molecular flexibility index (Phi) is 10.4. The molecule has 0 N–H and O–H groups in total. The fourth-order valence-electron chi connectivity index (χ4n) is 3.35. The quantitative estimate of drug-likeness (QED) is 0.0880. The first-order valence-corrected chi connectivity index (χ1v) is 12.1. The molecule has 3 rings (SSSR count). The highest BCUT2D eigenvalue weighted by atomic mass is 16.6. The Morgan fingerprint density at radius 3 is 1.59 bits per heavy atom. The Morgan fingerprint density at radius 2 is 1.13 bits per heavy atom. The van der Waals surface area contributed by atoms with Crippen LogP contribution in [-0.4, -0.2) is 44.8 Å². The van der Waals surface area contributed by atoms with E-state index in [0.29, 0.717) is 29.3 Å². The summed E-state index contributed by atoms with van der Waals surface area (Å²) in [6.07, 6.45) is 0. The summed E-state index contributed by atoms with van der Waals surface area (Å²) in [5, 5.41) is 0. The van der Waals surface area contributed by atoms with Gasteiger partial charge in [-0.05, 0) is 78.6 Å². The van der Waals surface area contributed by atoms with Crippen molar-refractivity contribution in [1.82, 2.24) is 0 Å². The molecule has 0 fully saturated rings. The van der Waals surface area contributed by atoms with E-state index in [1.807, 2.05) is 54.6 Å². The van der Waals surface area contributed by atoms with Gasteiger partial charge in [-0.1, -0.05) is 37.4 Å². The Labute approximate surface area is 227 Å². The molecular weight excluding hydrogens is 500 g/mol. The molecule has 0 aliphatic carbocycles. The van der Waals surface area contributed by atoms with Crippen molar-refractivity contribution in [2.75, 3.05) is 26.4 Å². The van der Waals surface area contributed by atoms with E-state index < -0.39 is 11.9 Å². The minimum absolute atomic E-state index is 0.114. The maximum Gasteiger partial charge on any atom is 0.338 e. The van der Waals surface area contributed by atoms with Gasteiger partial charge in [-0.3, -0.25) is 4.79 Å². The molecule has 0 atom stereocenters. The van der Waals surface area contributed by atoms with Gasteiger partial charge in [0.15, 0.2) is 0 Å². The highest BCUT2D eigenvalue weighted by Crippen LogP contribution is 2.33. The molecule has 0 aromatic heterocycles. The highest BCUT2D eigenvalue weighted by molar-refractivity contribution is 5.89. The summed E-state index contributed by atoms with van der Waals surface area (Å²) in [5.74, 6) is 0.646. The molecule has 0 spiro atoms. The maximum absolute atomic E-state index is 12.2. The van der Waals surface area contributed by atoms with Crippen LogP contribution >= 0.6 is 0 Å². The van der Waals surface area contributed by atoms with Crippen LogP contribution in [-0.2, 0) is 23.9 Å². The summed E-state index contributed by atoms with van der Waals surface area (Å²) >= 11 is 0. The van der Waals surface area contributed by atoms with Gasteiger partial charge in [-0.15, -0.1) is 0 Å². The van der Waals surface area contributed by atoms with Gasteiger partial charge in [-0.2, -0.15) is 0 Å². The van der Waals surface area contributed by atoms with Crippen molar-refractivity contribution < 1.29 is 38.1 Å². The molecule has 8 heteroatoms. The molecule has 3 aromatic rings. The Balaban J connectivity index is 1.78. The average molecular weight is 531 g/mol. The molecule has 0 amide bonds. The summed E-state index contributed by atoms with van der Waals surface area (Å²) in [4.78, 5) is 33.9. The molecule has 0 radical (unpaired) electrons. The van der Waals surface area contributed by atoms with Gasteiger partial charge < -0.3 is 23.7 Å². The van der Waals surface area contributed by atoms with Crippen molar-refractivity contribution in [3.05, 3.63) is 91.0 Å². The number of hydrogen-bond acceptors (Lipinski definition) is 8. The van der Waals surface area contributed by atoms with Crippen LogP contribution in [0.25, 0.3) is 22.3 Å². The molecule has 0 unspecified atom stereocenters. The predicted octanol–water partition coefficient (Wildman–Crippen LogP) is 5.55. The normalized spacial score (nSPS) is 10.2. The number of carbonyl (C=O) groups excluding carboxylic acids is 3. The lowest BCUT2D eigenvalue weighted by Gasteiger charge is -2.13. The zero-order valence-electron chi connectivity index (χ0n) is 21.9. The fraction of sp³-hybridized carbons (Fsp3) is 0.194. The lowest BCUT2D eigenvalue weighted by Crippen LogP contribution is -2.12. The van der Waals surface area contributed by atoms with Gasteiger partial charge in [-0.25, -0.2) is 9.59 Å². The topological polar surface area (TPSA) is 97.4 Å². The van der Waals surface area contributed by atoms with Crippen molar-refractivity contribution in [2.24, 2.45) is 0 Å². The number of rotatable bonds is 14. The van der Waals surface area contributed by atoms with E-state index in [0.717, 1.165) is 22.3 Å². The minimum atomic E-state index is -0.518. The van der Waals surface area contributed by atoms with Crippen LogP contribution in [0.2, 0.25) is 0 Å². The van der Waals surface area contributed by atoms with Crippen molar-refractivity contribution in [1.29, 1.82) is 0 Å². The highest BCUT2D eigenvalue weighted by Gasteiger charge is 2.11. The first kappa shape index (κ1) is 28.7. The largest absolute Gasteiger partial charge is 0.490 e. The van der Waals surface area contributed by atoms with Gasteiger partial charge >= 0.3 is 11.9 Å². The summed E-state index contributed by atoms with van der Waals surface area (Å²) in [5.41, 5.74) is 4.03. The van der Waals surface area contributed by atoms with E-state index in [2.05, 4.69) is 17.9 Å². The molecule has 0 bridgehead atoms. The lowest BCUT2D eigenvalue weighted by molar-refractivity contribution is -0.139. The van der Waals surface area contributed by atoms with E-state index >= 15 is 0 Å². The number of ether oxygens (including phenoxy) is 5. The summed E-state index contributed by atoms with van der Waals surface area (Å²) in [7, 11) is 0. The molecule has 0 aliphatic rings. The van der Waals surface area contributed by atoms with E-state index in [1.54, 1.807) is 26.0 Å². The van der Waals surface area contributed by atoms with Crippen molar-refractivity contribution >= 4 is 18.4 Å². The lowest BCUT2D eigenvalue weighted by atomic mass is 9.98. The Morgan fingerprint density at radius 1 is 0.641 bits per heavy atom. The Hall–Kier alpha value is -4.85. The third-order valence-electron chi connectivity index (χ3n) is 5.31. The molecule has 0 heterocycles. The standard InChI is InChI=1S/C31H30O8/c1-21(2)30(33)38-16-15-37-28-11-7-24(8-12-28)26-17-25(18-29(19-26)39-31(34)22(3)4)23-5-9-27(10-6-23)36-14-13-35-20-32/h5-12,17-20H,1,3,13-16H2,2,4H3. The van der Waals surface area contributed by atoms with Crippen LogP contribution in [0.5, 0.6) is 17.2 Å². The van der Waals surface area contributed by atoms with Crippen molar-refractivity contribution in [3.63, 3.8) is 0 Å². The average Bonchev–Trinajstić information content (AvgIpc) is 2.93. The van der Waals surface area contributed by atoms with Gasteiger partial charge in [0, 0.05) is 11.1 Å². The maximum atomic E-state index is 12.2. The van der Waals surface area contributed by atoms with Crippen LogP contribution in [0.3, 0.4) is 0 Å². The SMILES string of the molecule is C=C(C)C(=O)OCCOc1ccc(-c2cc(OC(=O)C(=C)C)cc(-c3ccc(OCCOC=O)cc3)c2)cc1. The minimum Gasteiger partial charge on any atom is -0.490 e. The zero-order chi connectivity index (χ0) is 28.2. The number of esters is 2. The van der Waals surface area contributed by atoms with E-state index in [1.165, 1.54) is 0 Å². The molecule has 39 heavy (non-hydrogen) atoms. The third kappa shape index (κ3) is 8.89. The van der Waals surface area contributed by atoms with E-state index in [9.17, 15) is 14.4 Å². The van der Waals surface area contributed by atoms with Crippen molar-refractivity contribution in [3.8, 4) is 39.5 Å². The second-order valence-corrected chi connectivity index (χ2v) is 8.54. The molecular formula is C31H30O8. The van der Waals surface area contributed by atoms with Gasteiger partial charge in [0.25, 0.3) is 6.47 Å². The number of hydrogen-bond donors (Lipinski definition) is 0. The first-order chi connectivity index (χ1) is 18.8.